The lowest BCUT2D eigenvalue weighted by Crippen LogP contribution is -2.00. The van der Waals surface area contributed by atoms with Crippen molar-refractivity contribution in [1.29, 1.82) is 0 Å². The molecule has 0 aliphatic rings. The van der Waals surface area contributed by atoms with Gasteiger partial charge in [0, 0.05) is 17.0 Å². The van der Waals surface area contributed by atoms with Crippen molar-refractivity contribution >= 4 is 17.6 Å². The molecule has 76 valence electrons. The number of carbonyl (C=O) groups excluding carboxylic acids is 1. The lowest BCUT2D eigenvalue weighted by atomic mass is 10.2. The topological polar surface area (TPSA) is 26.3 Å². The summed E-state index contributed by atoms with van der Waals surface area (Å²) in [6.45, 7) is 0.145. The van der Waals surface area contributed by atoms with Gasteiger partial charge >= 0.3 is 5.97 Å². The van der Waals surface area contributed by atoms with Crippen molar-refractivity contribution in [2.75, 3.05) is 6.61 Å². The normalized spacial score (nSPS) is 9.40. The van der Waals surface area contributed by atoms with Gasteiger partial charge in [-0.05, 0) is 18.2 Å². The molecule has 0 heterocycles. The number of hydrogen-bond donors (Lipinski definition) is 0. The minimum atomic E-state index is -0.561. The van der Waals surface area contributed by atoms with Crippen molar-refractivity contribution in [1.82, 2.24) is 0 Å². The predicted octanol–water partition coefficient (Wildman–Crippen LogP) is 2.33. The van der Waals surface area contributed by atoms with Crippen molar-refractivity contribution in [3.05, 3.63) is 47.5 Å². The molecular weight excluding hydrogens is 212 g/mol. The molecule has 2 nitrogen and oxygen atoms in total. The third kappa shape index (κ3) is 4.90. The molecule has 0 unspecified atom stereocenters. The van der Waals surface area contributed by atoms with Crippen molar-refractivity contribution in [3.8, 4) is 11.8 Å². The zero-order valence-corrected chi connectivity index (χ0v) is 8.70. The van der Waals surface area contributed by atoms with Crippen LogP contribution in [-0.4, -0.2) is 12.6 Å². The third-order valence-corrected chi connectivity index (χ3v) is 1.66. The van der Waals surface area contributed by atoms with Crippen molar-refractivity contribution < 1.29 is 9.53 Å². The molecule has 0 saturated carbocycles. The largest absolute Gasteiger partial charge is 0.452 e. The van der Waals surface area contributed by atoms with Crippen LogP contribution in [0.25, 0.3) is 0 Å². The highest BCUT2D eigenvalue weighted by molar-refractivity contribution is 6.25. The maximum Gasteiger partial charge on any atom is 0.385 e. The summed E-state index contributed by atoms with van der Waals surface area (Å²) < 4.78 is 4.72. The first-order valence-electron chi connectivity index (χ1n) is 4.32. The number of halogens is 1. The summed E-state index contributed by atoms with van der Waals surface area (Å²) in [5.74, 6) is 4.50. The second kappa shape index (κ2) is 6.69. The van der Waals surface area contributed by atoms with Crippen LogP contribution in [0.3, 0.4) is 0 Å². The van der Waals surface area contributed by atoms with Gasteiger partial charge in [0.2, 0.25) is 0 Å². The highest BCUT2D eigenvalue weighted by atomic mass is 35.5. The van der Waals surface area contributed by atoms with Gasteiger partial charge in [-0.1, -0.05) is 35.7 Å². The minimum Gasteiger partial charge on any atom is -0.452 e. The number of benzene rings is 1. The smallest absolute Gasteiger partial charge is 0.385 e. The van der Waals surface area contributed by atoms with Crippen LogP contribution in [0, 0.1) is 11.8 Å². The van der Waals surface area contributed by atoms with Gasteiger partial charge in [0.25, 0.3) is 0 Å². The van der Waals surface area contributed by atoms with Gasteiger partial charge in [-0.25, -0.2) is 4.79 Å². The molecule has 0 aromatic heterocycles. The molecule has 0 amide bonds. The Morgan fingerprint density at radius 3 is 2.80 bits per heavy atom. The molecule has 0 bridgehead atoms. The Hall–Kier alpha value is -1.72. The van der Waals surface area contributed by atoms with Crippen LogP contribution < -0.4 is 0 Å². The molecular formula is C12H9ClO2. The average Bonchev–Trinajstić information content (AvgIpc) is 2.28. The Labute approximate surface area is 93.5 Å². The lowest BCUT2D eigenvalue weighted by Gasteiger charge is -1.92. The van der Waals surface area contributed by atoms with E-state index in [1.807, 2.05) is 30.3 Å². The first-order chi connectivity index (χ1) is 7.33. The summed E-state index contributed by atoms with van der Waals surface area (Å²) in [4.78, 5) is 11.0. The van der Waals surface area contributed by atoms with Gasteiger partial charge in [0.05, 0.1) is 0 Å². The maximum atomic E-state index is 11.0. The molecule has 0 spiro atoms. The van der Waals surface area contributed by atoms with Crippen LogP contribution in [-0.2, 0) is 9.53 Å². The summed E-state index contributed by atoms with van der Waals surface area (Å²) >= 11 is 5.25. The second-order valence-corrected chi connectivity index (χ2v) is 2.83. The van der Waals surface area contributed by atoms with Crippen LogP contribution in [0.15, 0.2) is 41.9 Å². The first kappa shape index (κ1) is 11.4. The second-order valence-electron chi connectivity index (χ2n) is 2.58. The molecule has 0 radical (unpaired) electrons. The molecule has 0 atom stereocenters. The molecule has 15 heavy (non-hydrogen) atoms. The Morgan fingerprint density at radius 1 is 1.40 bits per heavy atom. The van der Waals surface area contributed by atoms with E-state index in [0.717, 1.165) is 5.56 Å². The standard InChI is InChI=1S/C12H9ClO2/c13-9-4-10-15-12(14)8-7-11-5-2-1-3-6-11/h1-6,9H,10H2/b9-4+. The maximum absolute atomic E-state index is 11.0. The minimum absolute atomic E-state index is 0.145. The fourth-order valence-corrected chi connectivity index (χ4v) is 0.914. The Morgan fingerprint density at radius 2 is 2.13 bits per heavy atom. The van der Waals surface area contributed by atoms with Gasteiger partial charge < -0.3 is 4.74 Å². The molecule has 0 aliphatic carbocycles. The lowest BCUT2D eigenvalue weighted by molar-refractivity contribution is -0.135. The van der Waals surface area contributed by atoms with E-state index in [1.165, 1.54) is 11.6 Å². The summed E-state index contributed by atoms with van der Waals surface area (Å²) in [6.07, 6.45) is 1.52. The monoisotopic (exact) mass is 220 g/mol. The summed E-state index contributed by atoms with van der Waals surface area (Å²) in [5, 5.41) is 0. The van der Waals surface area contributed by atoms with Gasteiger partial charge in [-0.15, -0.1) is 0 Å². The van der Waals surface area contributed by atoms with Crippen LogP contribution in [0.2, 0.25) is 0 Å². The van der Waals surface area contributed by atoms with Gasteiger partial charge in [-0.3, -0.25) is 0 Å². The van der Waals surface area contributed by atoms with E-state index in [0.29, 0.717) is 0 Å². The molecule has 0 N–H and O–H groups in total. The van der Waals surface area contributed by atoms with Gasteiger partial charge in [0.1, 0.15) is 6.61 Å². The Kier molecular flexibility index (Phi) is 5.07. The summed E-state index contributed by atoms with van der Waals surface area (Å²) in [6, 6.07) is 9.23. The average molecular weight is 221 g/mol. The number of ether oxygens (including phenoxy) is 1. The Balaban J connectivity index is 2.48. The molecule has 1 aromatic rings. The van der Waals surface area contributed by atoms with E-state index < -0.39 is 5.97 Å². The van der Waals surface area contributed by atoms with Crippen LogP contribution >= 0.6 is 11.6 Å². The van der Waals surface area contributed by atoms with Gasteiger partial charge in [-0.2, -0.15) is 0 Å². The fraction of sp³-hybridized carbons (Fsp3) is 0.0833. The Bertz CT molecular complexity index is 399. The van der Waals surface area contributed by atoms with Crippen LogP contribution in [0.1, 0.15) is 5.56 Å². The van der Waals surface area contributed by atoms with Crippen LogP contribution in [0.5, 0.6) is 0 Å². The number of carbonyl (C=O) groups is 1. The third-order valence-electron chi connectivity index (χ3n) is 1.48. The van der Waals surface area contributed by atoms with Crippen molar-refractivity contribution in [3.63, 3.8) is 0 Å². The van der Waals surface area contributed by atoms with Crippen LogP contribution in [0.4, 0.5) is 0 Å². The zero-order chi connectivity index (χ0) is 10.9. The van der Waals surface area contributed by atoms with E-state index in [1.54, 1.807) is 0 Å². The van der Waals surface area contributed by atoms with Crippen molar-refractivity contribution in [2.24, 2.45) is 0 Å². The van der Waals surface area contributed by atoms with E-state index in [4.69, 9.17) is 16.3 Å². The number of hydrogen-bond acceptors (Lipinski definition) is 2. The number of rotatable bonds is 2. The zero-order valence-electron chi connectivity index (χ0n) is 7.94. The van der Waals surface area contributed by atoms with E-state index >= 15 is 0 Å². The quantitative estimate of drug-likeness (QED) is 0.565. The van der Waals surface area contributed by atoms with E-state index in [-0.39, 0.29) is 6.61 Å². The molecule has 3 heteroatoms. The molecule has 1 rings (SSSR count). The van der Waals surface area contributed by atoms with Gasteiger partial charge in [0.15, 0.2) is 0 Å². The number of esters is 1. The molecule has 0 aliphatic heterocycles. The summed E-state index contributed by atoms with van der Waals surface area (Å²) in [7, 11) is 0. The molecule has 1 aromatic carbocycles. The molecule has 0 fully saturated rings. The van der Waals surface area contributed by atoms with E-state index in [2.05, 4.69) is 11.8 Å². The highest BCUT2D eigenvalue weighted by Crippen LogP contribution is 1.94. The predicted molar refractivity (Wildman–Crippen MR) is 59.3 cm³/mol. The molecule has 0 saturated heterocycles. The fourth-order valence-electron chi connectivity index (χ4n) is 0.841. The van der Waals surface area contributed by atoms with E-state index in [9.17, 15) is 4.79 Å². The SMILES string of the molecule is O=C(C#Cc1ccccc1)OC/C=C/Cl. The summed E-state index contributed by atoms with van der Waals surface area (Å²) in [5.41, 5.74) is 2.07. The van der Waals surface area contributed by atoms with Crippen molar-refractivity contribution in [2.45, 2.75) is 0 Å². The highest BCUT2D eigenvalue weighted by Gasteiger charge is 1.93. The first-order valence-corrected chi connectivity index (χ1v) is 4.75.